The molecule has 0 spiro atoms. The van der Waals surface area contributed by atoms with Crippen molar-refractivity contribution in [2.75, 3.05) is 6.54 Å². The molecule has 5 nitrogen and oxygen atoms in total. The number of amides is 1. The molecule has 1 amide bonds. The van der Waals surface area contributed by atoms with E-state index in [4.69, 9.17) is 23.2 Å². The molecule has 3 rings (SSSR count). The molecule has 1 N–H and O–H groups in total. The summed E-state index contributed by atoms with van der Waals surface area (Å²) in [5.74, 6) is -0.293. The minimum Gasteiger partial charge on any atom is -0.351 e. The number of carbonyl (C=O) groups excluding carboxylic acids is 1. The number of nitrogens with zero attached hydrogens (tertiary/aromatic N) is 1. The SMILES string of the molecule is O=C(NCc1ccc(Cl)cc1)C1CCCN1S(=O)(=O)c1ccc(Cl)s1. The molecule has 25 heavy (non-hydrogen) atoms. The highest BCUT2D eigenvalue weighted by Crippen LogP contribution is 2.32. The van der Waals surface area contributed by atoms with Crippen molar-refractivity contribution >= 4 is 50.5 Å². The van der Waals surface area contributed by atoms with Crippen molar-refractivity contribution in [3.8, 4) is 0 Å². The van der Waals surface area contributed by atoms with Gasteiger partial charge in [-0.3, -0.25) is 4.79 Å². The average Bonchev–Trinajstić information content (AvgIpc) is 3.23. The Bertz CT molecular complexity index is 866. The Labute approximate surface area is 160 Å². The van der Waals surface area contributed by atoms with Gasteiger partial charge in [0.05, 0.1) is 4.34 Å². The summed E-state index contributed by atoms with van der Waals surface area (Å²) in [4.78, 5) is 12.5. The highest BCUT2D eigenvalue weighted by atomic mass is 35.5. The highest BCUT2D eigenvalue weighted by Gasteiger charge is 2.39. The molecule has 1 aromatic carbocycles. The van der Waals surface area contributed by atoms with Crippen LogP contribution in [0.3, 0.4) is 0 Å². The molecule has 9 heteroatoms. The number of thiophene rings is 1. The number of carbonyl (C=O) groups is 1. The van der Waals surface area contributed by atoms with Crippen LogP contribution in [-0.2, 0) is 21.4 Å². The van der Waals surface area contributed by atoms with Crippen LogP contribution in [0.25, 0.3) is 0 Å². The van der Waals surface area contributed by atoms with E-state index in [1.807, 2.05) is 12.1 Å². The maximum atomic E-state index is 12.8. The first-order valence-electron chi connectivity index (χ1n) is 7.67. The third kappa shape index (κ3) is 4.17. The van der Waals surface area contributed by atoms with Crippen LogP contribution in [-0.4, -0.2) is 31.2 Å². The Balaban J connectivity index is 1.70. The van der Waals surface area contributed by atoms with Crippen LogP contribution in [0.4, 0.5) is 0 Å². The molecule has 0 saturated carbocycles. The smallest absolute Gasteiger partial charge is 0.253 e. The largest absolute Gasteiger partial charge is 0.351 e. The van der Waals surface area contributed by atoms with Crippen molar-refractivity contribution in [3.63, 3.8) is 0 Å². The molecule has 2 heterocycles. The Morgan fingerprint density at radius 3 is 2.56 bits per heavy atom. The van der Waals surface area contributed by atoms with E-state index in [0.29, 0.717) is 35.3 Å². The van der Waals surface area contributed by atoms with Gasteiger partial charge in [-0.15, -0.1) is 11.3 Å². The quantitative estimate of drug-likeness (QED) is 0.807. The Kier molecular flexibility index (Phi) is 5.70. The van der Waals surface area contributed by atoms with E-state index in [1.165, 1.54) is 10.4 Å². The van der Waals surface area contributed by atoms with Gasteiger partial charge in [-0.05, 0) is 42.7 Å². The second kappa shape index (κ2) is 7.63. The minimum absolute atomic E-state index is 0.162. The molecule has 1 aromatic heterocycles. The fraction of sp³-hybridized carbons (Fsp3) is 0.312. The molecule has 0 bridgehead atoms. The number of benzene rings is 1. The lowest BCUT2D eigenvalue weighted by molar-refractivity contribution is -0.124. The van der Waals surface area contributed by atoms with E-state index < -0.39 is 16.1 Å². The zero-order valence-corrected chi connectivity index (χ0v) is 16.3. The summed E-state index contributed by atoms with van der Waals surface area (Å²) < 4.78 is 27.4. The summed E-state index contributed by atoms with van der Waals surface area (Å²) in [5, 5.41) is 3.43. The van der Waals surface area contributed by atoms with E-state index >= 15 is 0 Å². The van der Waals surface area contributed by atoms with Gasteiger partial charge in [0, 0.05) is 18.1 Å². The van der Waals surface area contributed by atoms with Crippen LogP contribution in [0.15, 0.2) is 40.6 Å². The molecule has 1 unspecified atom stereocenters. The molecule has 1 fully saturated rings. The number of sulfonamides is 1. The van der Waals surface area contributed by atoms with Gasteiger partial charge in [0.2, 0.25) is 5.91 Å². The standard InChI is InChI=1S/C16H16Cl2N2O3S2/c17-12-5-3-11(4-6-12)10-19-16(21)13-2-1-9-20(13)25(22,23)15-8-7-14(18)24-15/h3-8,13H,1-2,9-10H2,(H,19,21). The van der Waals surface area contributed by atoms with Gasteiger partial charge in [-0.1, -0.05) is 35.3 Å². The predicted molar refractivity (Wildman–Crippen MR) is 99.5 cm³/mol. The molecule has 0 aliphatic carbocycles. The number of halogens is 2. The Hall–Kier alpha value is -1.12. The lowest BCUT2D eigenvalue weighted by Crippen LogP contribution is -2.45. The van der Waals surface area contributed by atoms with E-state index in [9.17, 15) is 13.2 Å². The molecule has 2 aromatic rings. The summed E-state index contributed by atoms with van der Waals surface area (Å²) in [6.07, 6.45) is 1.15. The number of nitrogens with one attached hydrogen (secondary N) is 1. The predicted octanol–water partition coefficient (Wildman–Crippen LogP) is 3.52. The van der Waals surface area contributed by atoms with Crippen LogP contribution in [0.2, 0.25) is 9.36 Å². The molecule has 1 aliphatic heterocycles. The van der Waals surface area contributed by atoms with Gasteiger partial charge in [0.25, 0.3) is 10.0 Å². The third-order valence-corrected chi connectivity index (χ3v) is 7.86. The number of rotatable bonds is 5. The van der Waals surface area contributed by atoms with E-state index in [0.717, 1.165) is 16.9 Å². The highest BCUT2D eigenvalue weighted by molar-refractivity contribution is 7.91. The van der Waals surface area contributed by atoms with Gasteiger partial charge in [0.15, 0.2) is 0 Å². The molecule has 1 atom stereocenters. The summed E-state index contributed by atoms with van der Waals surface area (Å²) in [6, 6.07) is 9.46. The zero-order valence-electron chi connectivity index (χ0n) is 13.1. The van der Waals surface area contributed by atoms with Crippen LogP contribution in [0.1, 0.15) is 18.4 Å². The van der Waals surface area contributed by atoms with Crippen molar-refractivity contribution in [1.82, 2.24) is 9.62 Å². The molecule has 0 radical (unpaired) electrons. The first-order chi connectivity index (χ1) is 11.9. The first kappa shape index (κ1) is 18.7. The molecular weight excluding hydrogens is 403 g/mol. The third-order valence-electron chi connectivity index (χ3n) is 4.00. The van der Waals surface area contributed by atoms with E-state index in [-0.39, 0.29) is 10.1 Å². The molecular formula is C16H16Cl2N2O3S2. The van der Waals surface area contributed by atoms with Crippen molar-refractivity contribution in [1.29, 1.82) is 0 Å². The lowest BCUT2D eigenvalue weighted by atomic mass is 10.2. The van der Waals surface area contributed by atoms with Crippen LogP contribution in [0, 0.1) is 0 Å². The Morgan fingerprint density at radius 1 is 1.20 bits per heavy atom. The first-order valence-corrected chi connectivity index (χ1v) is 10.7. The summed E-state index contributed by atoms with van der Waals surface area (Å²) >= 11 is 12.7. The fourth-order valence-electron chi connectivity index (χ4n) is 2.75. The van der Waals surface area contributed by atoms with E-state index in [1.54, 1.807) is 18.2 Å². The molecule has 1 saturated heterocycles. The average molecular weight is 419 g/mol. The fourth-order valence-corrected chi connectivity index (χ4v) is 6.15. The van der Waals surface area contributed by atoms with E-state index in [2.05, 4.69) is 5.32 Å². The monoisotopic (exact) mass is 418 g/mol. The summed E-state index contributed by atoms with van der Waals surface area (Å²) in [6.45, 7) is 0.655. The molecule has 1 aliphatic rings. The van der Waals surface area contributed by atoms with Crippen LogP contribution >= 0.6 is 34.5 Å². The maximum Gasteiger partial charge on any atom is 0.253 e. The van der Waals surface area contributed by atoms with Crippen molar-refractivity contribution in [3.05, 3.63) is 51.3 Å². The zero-order chi connectivity index (χ0) is 18.0. The normalized spacial score (nSPS) is 18.4. The molecule has 134 valence electrons. The van der Waals surface area contributed by atoms with Gasteiger partial charge >= 0.3 is 0 Å². The van der Waals surface area contributed by atoms with Gasteiger partial charge in [0.1, 0.15) is 10.3 Å². The second-order valence-corrected chi connectivity index (χ2v) is 9.95. The summed E-state index contributed by atoms with van der Waals surface area (Å²) in [7, 11) is -3.71. The number of hydrogen-bond acceptors (Lipinski definition) is 4. The van der Waals surface area contributed by atoms with Crippen LogP contribution in [0.5, 0.6) is 0 Å². The number of hydrogen-bond donors (Lipinski definition) is 1. The van der Waals surface area contributed by atoms with Crippen molar-refractivity contribution in [2.24, 2.45) is 0 Å². The van der Waals surface area contributed by atoms with Crippen molar-refractivity contribution in [2.45, 2.75) is 29.6 Å². The van der Waals surface area contributed by atoms with Crippen molar-refractivity contribution < 1.29 is 13.2 Å². The van der Waals surface area contributed by atoms with Gasteiger partial charge < -0.3 is 5.32 Å². The minimum atomic E-state index is -3.71. The topological polar surface area (TPSA) is 66.5 Å². The lowest BCUT2D eigenvalue weighted by Gasteiger charge is -2.22. The Morgan fingerprint density at radius 2 is 1.92 bits per heavy atom. The van der Waals surface area contributed by atoms with Crippen LogP contribution < -0.4 is 5.32 Å². The summed E-state index contributed by atoms with van der Waals surface area (Å²) in [5.41, 5.74) is 0.898. The van der Waals surface area contributed by atoms with Gasteiger partial charge in [-0.2, -0.15) is 4.31 Å². The second-order valence-electron chi connectivity index (χ2n) is 5.68. The maximum absolute atomic E-state index is 12.8. The van der Waals surface area contributed by atoms with Gasteiger partial charge in [-0.25, -0.2) is 8.42 Å².